The average molecular weight is 301 g/mol. The standard InChI is InChI=1S/C21H17S/c1-22(20-12-10-16-6-2-4-8-18(16)14-20)21-13-11-17-7-3-5-9-19(17)15-21/h2-15H,1H3/q+1. The van der Waals surface area contributed by atoms with Crippen molar-refractivity contribution in [3.63, 3.8) is 0 Å². The lowest BCUT2D eigenvalue weighted by Gasteiger charge is -2.05. The first kappa shape index (κ1) is 13.4. The van der Waals surface area contributed by atoms with Crippen molar-refractivity contribution in [2.45, 2.75) is 9.79 Å². The molecule has 0 spiro atoms. The van der Waals surface area contributed by atoms with Gasteiger partial charge >= 0.3 is 0 Å². The zero-order chi connectivity index (χ0) is 14.9. The number of rotatable bonds is 2. The second kappa shape index (κ2) is 5.51. The van der Waals surface area contributed by atoms with E-state index >= 15 is 0 Å². The minimum Gasteiger partial charge on any atom is -0.0616 e. The summed E-state index contributed by atoms with van der Waals surface area (Å²) in [5.41, 5.74) is 0. The molecule has 0 heterocycles. The number of fused-ring (bicyclic) bond motifs is 2. The fourth-order valence-electron chi connectivity index (χ4n) is 2.85. The van der Waals surface area contributed by atoms with Crippen molar-refractivity contribution >= 4 is 32.4 Å². The van der Waals surface area contributed by atoms with E-state index < -0.39 is 0 Å². The molecule has 0 aliphatic rings. The first-order chi connectivity index (χ1) is 10.8. The SMILES string of the molecule is C[S+](c1ccc2ccccc2c1)c1ccc2ccccc2c1. The van der Waals surface area contributed by atoms with Gasteiger partial charge < -0.3 is 0 Å². The lowest BCUT2D eigenvalue weighted by molar-refractivity contribution is 1.41. The van der Waals surface area contributed by atoms with Gasteiger partial charge in [0.2, 0.25) is 0 Å². The van der Waals surface area contributed by atoms with E-state index in [1.54, 1.807) is 0 Å². The molecule has 0 unspecified atom stereocenters. The Morgan fingerprint density at radius 1 is 0.500 bits per heavy atom. The number of hydrogen-bond acceptors (Lipinski definition) is 0. The van der Waals surface area contributed by atoms with E-state index in [4.69, 9.17) is 0 Å². The summed E-state index contributed by atoms with van der Waals surface area (Å²) in [5.74, 6) is 0. The first-order valence-electron chi connectivity index (χ1n) is 7.45. The van der Waals surface area contributed by atoms with Crippen molar-refractivity contribution < 1.29 is 0 Å². The van der Waals surface area contributed by atoms with Crippen molar-refractivity contribution in [2.24, 2.45) is 0 Å². The molecule has 0 amide bonds. The van der Waals surface area contributed by atoms with Gasteiger partial charge in [-0.1, -0.05) is 48.5 Å². The Morgan fingerprint density at radius 3 is 1.36 bits per heavy atom. The average Bonchev–Trinajstić information content (AvgIpc) is 2.60. The number of benzene rings is 4. The third-order valence-electron chi connectivity index (χ3n) is 4.15. The van der Waals surface area contributed by atoms with Crippen LogP contribution < -0.4 is 0 Å². The van der Waals surface area contributed by atoms with Crippen LogP contribution in [0.5, 0.6) is 0 Å². The van der Waals surface area contributed by atoms with Gasteiger partial charge in [0.25, 0.3) is 0 Å². The summed E-state index contributed by atoms with van der Waals surface area (Å²) in [6.07, 6.45) is 2.31. The molecule has 0 aliphatic carbocycles. The third-order valence-corrected chi connectivity index (χ3v) is 6.07. The quantitative estimate of drug-likeness (QED) is 0.419. The molecule has 0 atom stereocenters. The molecule has 4 rings (SSSR count). The third kappa shape index (κ3) is 2.38. The summed E-state index contributed by atoms with van der Waals surface area (Å²) in [6.45, 7) is 0. The molecule has 106 valence electrons. The molecule has 4 aromatic rings. The van der Waals surface area contributed by atoms with Crippen LogP contribution in [0.25, 0.3) is 21.5 Å². The van der Waals surface area contributed by atoms with Gasteiger partial charge in [0.1, 0.15) is 6.26 Å². The highest BCUT2D eigenvalue weighted by atomic mass is 32.2. The summed E-state index contributed by atoms with van der Waals surface area (Å²) < 4.78 is 0. The van der Waals surface area contributed by atoms with Gasteiger partial charge in [-0.05, 0) is 45.8 Å². The van der Waals surface area contributed by atoms with Crippen molar-refractivity contribution in [1.82, 2.24) is 0 Å². The Bertz CT molecular complexity index is 876. The summed E-state index contributed by atoms with van der Waals surface area (Å²) >= 11 is 0. The monoisotopic (exact) mass is 301 g/mol. The van der Waals surface area contributed by atoms with Gasteiger partial charge in [-0.2, -0.15) is 0 Å². The van der Waals surface area contributed by atoms with Crippen LogP contribution in [0.4, 0.5) is 0 Å². The first-order valence-corrected chi connectivity index (χ1v) is 9.08. The van der Waals surface area contributed by atoms with Gasteiger partial charge in [-0.25, -0.2) is 0 Å². The van der Waals surface area contributed by atoms with Crippen molar-refractivity contribution in [1.29, 1.82) is 0 Å². The van der Waals surface area contributed by atoms with Gasteiger partial charge in [-0.15, -0.1) is 0 Å². The Hall–Kier alpha value is -2.25. The smallest absolute Gasteiger partial charge is 0.0616 e. The van der Waals surface area contributed by atoms with Crippen LogP contribution in [0.1, 0.15) is 0 Å². The second-order valence-electron chi connectivity index (χ2n) is 5.53. The topological polar surface area (TPSA) is 0 Å². The Kier molecular flexibility index (Phi) is 3.36. The predicted octanol–water partition coefficient (Wildman–Crippen LogP) is 5.66. The highest BCUT2D eigenvalue weighted by Crippen LogP contribution is 2.27. The normalized spacial score (nSPS) is 11.4. The summed E-state index contributed by atoms with van der Waals surface area (Å²) in [7, 11) is 0.0912. The van der Waals surface area contributed by atoms with Gasteiger partial charge in [0.15, 0.2) is 9.79 Å². The maximum Gasteiger partial charge on any atom is 0.161 e. The molecule has 0 aliphatic heterocycles. The molecule has 0 radical (unpaired) electrons. The lowest BCUT2D eigenvalue weighted by Crippen LogP contribution is -2.00. The van der Waals surface area contributed by atoms with Crippen LogP contribution in [0.3, 0.4) is 0 Å². The van der Waals surface area contributed by atoms with Gasteiger partial charge in [0.05, 0.1) is 10.9 Å². The molecule has 0 aromatic heterocycles. The van der Waals surface area contributed by atoms with Crippen molar-refractivity contribution in [3.8, 4) is 0 Å². The summed E-state index contributed by atoms with van der Waals surface area (Å²) in [5, 5.41) is 5.25. The lowest BCUT2D eigenvalue weighted by atomic mass is 10.1. The maximum absolute atomic E-state index is 2.33. The highest BCUT2D eigenvalue weighted by molar-refractivity contribution is 7.96. The van der Waals surface area contributed by atoms with Crippen LogP contribution in [-0.2, 0) is 10.9 Å². The number of hydrogen-bond donors (Lipinski definition) is 0. The molecular formula is C21H17S+. The molecule has 0 saturated carbocycles. The molecule has 4 aromatic carbocycles. The van der Waals surface area contributed by atoms with Crippen molar-refractivity contribution in [3.05, 3.63) is 84.9 Å². The molecule has 0 bridgehead atoms. The zero-order valence-electron chi connectivity index (χ0n) is 12.5. The van der Waals surface area contributed by atoms with E-state index in [2.05, 4.69) is 91.2 Å². The van der Waals surface area contributed by atoms with Crippen LogP contribution in [-0.4, -0.2) is 6.26 Å². The summed E-state index contributed by atoms with van der Waals surface area (Å²) in [6, 6.07) is 30.8. The fraction of sp³-hybridized carbons (Fsp3) is 0.0476. The summed E-state index contributed by atoms with van der Waals surface area (Å²) in [4.78, 5) is 2.79. The van der Waals surface area contributed by atoms with Gasteiger partial charge in [0, 0.05) is 12.1 Å². The van der Waals surface area contributed by atoms with Crippen LogP contribution in [0.15, 0.2) is 94.7 Å². The maximum atomic E-state index is 2.33. The van der Waals surface area contributed by atoms with E-state index in [1.165, 1.54) is 31.3 Å². The molecule has 0 N–H and O–H groups in total. The predicted molar refractivity (Wildman–Crippen MR) is 97.7 cm³/mol. The minimum atomic E-state index is 0.0912. The van der Waals surface area contributed by atoms with E-state index in [9.17, 15) is 0 Å². The molecule has 22 heavy (non-hydrogen) atoms. The van der Waals surface area contributed by atoms with Crippen LogP contribution in [0.2, 0.25) is 0 Å². The van der Waals surface area contributed by atoms with E-state index in [1.807, 2.05) is 0 Å². The molecule has 0 nitrogen and oxygen atoms in total. The van der Waals surface area contributed by atoms with E-state index in [0.717, 1.165) is 0 Å². The molecule has 1 heteroatoms. The fourth-order valence-corrected chi connectivity index (χ4v) is 4.28. The Labute approximate surface area is 133 Å². The second-order valence-corrected chi connectivity index (χ2v) is 7.49. The molecular weight excluding hydrogens is 284 g/mol. The van der Waals surface area contributed by atoms with Crippen LogP contribution >= 0.6 is 0 Å². The van der Waals surface area contributed by atoms with Crippen LogP contribution in [0, 0.1) is 0 Å². The van der Waals surface area contributed by atoms with E-state index in [0.29, 0.717) is 0 Å². The zero-order valence-corrected chi connectivity index (χ0v) is 13.3. The van der Waals surface area contributed by atoms with Gasteiger partial charge in [-0.3, -0.25) is 0 Å². The van der Waals surface area contributed by atoms with Crippen molar-refractivity contribution in [2.75, 3.05) is 6.26 Å². The minimum absolute atomic E-state index is 0.0912. The molecule has 0 fully saturated rings. The van der Waals surface area contributed by atoms with E-state index in [-0.39, 0.29) is 10.9 Å². The largest absolute Gasteiger partial charge is 0.161 e. The Morgan fingerprint density at radius 2 is 0.909 bits per heavy atom. The molecule has 0 saturated heterocycles. The Balaban J connectivity index is 1.78. The highest BCUT2D eigenvalue weighted by Gasteiger charge is 2.19.